The Labute approximate surface area is 148 Å². The van der Waals surface area contributed by atoms with E-state index in [2.05, 4.69) is 5.32 Å². The lowest BCUT2D eigenvalue weighted by Crippen LogP contribution is -2.35. The Hall–Kier alpha value is -1.75. The number of aryl methyl sites for hydroxylation is 1. The highest BCUT2D eigenvalue weighted by Crippen LogP contribution is 2.20. The summed E-state index contributed by atoms with van der Waals surface area (Å²) in [4.78, 5) is 25.6. The maximum Gasteiger partial charge on any atom is 0.257 e. The number of rotatable bonds is 7. The molecule has 0 bridgehead atoms. The van der Waals surface area contributed by atoms with Crippen LogP contribution in [-0.4, -0.2) is 43.0 Å². The molecule has 0 radical (unpaired) electrons. The summed E-state index contributed by atoms with van der Waals surface area (Å²) in [6.45, 7) is 3.96. The van der Waals surface area contributed by atoms with Crippen LogP contribution in [0, 0.1) is 6.92 Å². The van der Waals surface area contributed by atoms with Crippen LogP contribution in [0.15, 0.2) is 18.2 Å². The van der Waals surface area contributed by atoms with Crippen molar-refractivity contribution in [1.29, 1.82) is 0 Å². The van der Waals surface area contributed by atoms with Gasteiger partial charge in [0.1, 0.15) is 5.75 Å². The summed E-state index contributed by atoms with van der Waals surface area (Å²) in [7, 11) is 0. The minimum Gasteiger partial charge on any atom is -0.484 e. The fourth-order valence-corrected chi connectivity index (χ4v) is 2.80. The van der Waals surface area contributed by atoms with Crippen molar-refractivity contribution in [2.45, 2.75) is 39.0 Å². The van der Waals surface area contributed by atoms with E-state index in [1.165, 1.54) is 0 Å². The van der Waals surface area contributed by atoms with Gasteiger partial charge in [-0.2, -0.15) is 0 Å². The van der Waals surface area contributed by atoms with Gasteiger partial charge in [-0.1, -0.05) is 18.0 Å². The molecular weight excluding hydrogens is 328 g/mol. The van der Waals surface area contributed by atoms with Crippen molar-refractivity contribution in [3.63, 3.8) is 0 Å². The Bertz CT molecular complexity index is 577. The van der Waals surface area contributed by atoms with Gasteiger partial charge in [0.15, 0.2) is 6.61 Å². The van der Waals surface area contributed by atoms with Crippen LogP contribution in [0.2, 0.25) is 5.02 Å². The largest absolute Gasteiger partial charge is 0.484 e. The second-order valence-electron chi connectivity index (χ2n) is 6.09. The third-order valence-electron chi connectivity index (χ3n) is 4.10. The van der Waals surface area contributed by atoms with Gasteiger partial charge in [0.05, 0.1) is 0 Å². The molecule has 132 valence electrons. The third kappa shape index (κ3) is 6.04. The summed E-state index contributed by atoms with van der Waals surface area (Å²) in [6, 6.07) is 5.30. The number of halogens is 1. The molecule has 1 aliphatic heterocycles. The fraction of sp³-hybridized carbons (Fsp3) is 0.556. The Morgan fingerprint density at radius 2 is 2.17 bits per heavy atom. The first-order valence-electron chi connectivity index (χ1n) is 8.49. The molecular formula is C18H25ClN2O3. The van der Waals surface area contributed by atoms with Crippen molar-refractivity contribution < 1.29 is 14.3 Å². The van der Waals surface area contributed by atoms with Gasteiger partial charge in [-0.25, -0.2) is 0 Å². The summed E-state index contributed by atoms with van der Waals surface area (Å²) < 4.78 is 5.45. The first-order valence-corrected chi connectivity index (χ1v) is 8.87. The predicted octanol–water partition coefficient (Wildman–Crippen LogP) is 2.94. The Morgan fingerprint density at radius 1 is 1.33 bits per heavy atom. The van der Waals surface area contributed by atoms with E-state index in [1.807, 2.05) is 11.8 Å². The predicted molar refractivity (Wildman–Crippen MR) is 94.4 cm³/mol. The zero-order valence-electron chi connectivity index (χ0n) is 14.1. The number of hydrogen-bond donors (Lipinski definition) is 1. The molecule has 2 rings (SSSR count). The van der Waals surface area contributed by atoms with Crippen molar-refractivity contribution in [2.24, 2.45) is 0 Å². The van der Waals surface area contributed by atoms with E-state index >= 15 is 0 Å². The molecule has 24 heavy (non-hydrogen) atoms. The van der Waals surface area contributed by atoms with E-state index in [0.29, 0.717) is 30.3 Å². The third-order valence-corrected chi connectivity index (χ3v) is 4.52. The van der Waals surface area contributed by atoms with Crippen molar-refractivity contribution in [2.75, 3.05) is 26.2 Å². The van der Waals surface area contributed by atoms with Gasteiger partial charge >= 0.3 is 0 Å². The number of carbonyl (C=O) groups excluding carboxylic acids is 2. The average Bonchev–Trinajstić information content (AvgIpc) is 2.77. The molecule has 1 saturated heterocycles. The van der Waals surface area contributed by atoms with Crippen LogP contribution in [0.25, 0.3) is 0 Å². The van der Waals surface area contributed by atoms with Gasteiger partial charge in [0, 0.05) is 31.1 Å². The minimum absolute atomic E-state index is 0.0241. The van der Waals surface area contributed by atoms with Crippen molar-refractivity contribution in [3.05, 3.63) is 28.8 Å². The fourth-order valence-electron chi connectivity index (χ4n) is 2.68. The minimum atomic E-state index is -0.162. The average molecular weight is 353 g/mol. The number of ether oxygens (including phenoxy) is 1. The molecule has 1 aromatic rings. The Morgan fingerprint density at radius 3 is 2.96 bits per heavy atom. The molecule has 1 fully saturated rings. The van der Waals surface area contributed by atoms with E-state index < -0.39 is 0 Å². The lowest BCUT2D eigenvalue weighted by Gasteiger charge is -2.20. The monoisotopic (exact) mass is 352 g/mol. The molecule has 1 N–H and O–H groups in total. The lowest BCUT2D eigenvalue weighted by molar-refractivity contribution is -0.130. The van der Waals surface area contributed by atoms with Crippen LogP contribution in [0.1, 0.15) is 37.7 Å². The van der Waals surface area contributed by atoms with E-state index in [1.54, 1.807) is 18.2 Å². The zero-order valence-corrected chi connectivity index (χ0v) is 14.9. The van der Waals surface area contributed by atoms with Gasteiger partial charge in [-0.05, 0) is 49.9 Å². The Balaban J connectivity index is 1.62. The second kappa shape index (κ2) is 9.52. The van der Waals surface area contributed by atoms with E-state index in [-0.39, 0.29) is 18.4 Å². The van der Waals surface area contributed by atoms with Crippen LogP contribution in [0.3, 0.4) is 0 Å². The molecule has 6 heteroatoms. The van der Waals surface area contributed by atoms with Crippen LogP contribution < -0.4 is 10.1 Å². The topological polar surface area (TPSA) is 58.6 Å². The first-order chi connectivity index (χ1) is 11.6. The number of nitrogens with one attached hydrogen (secondary N) is 1. The number of likely N-dealkylation sites (tertiary alicyclic amines) is 1. The summed E-state index contributed by atoms with van der Waals surface area (Å²) in [5.41, 5.74) is 0.914. The molecule has 1 heterocycles. The molecule has 0 aromatic heterocycles. The maximum absolute atomic E-state index is 11.9. The molecule has 1 aromatic carbocycles. The highest BCUT2D eigenvalue weighted by Gasteiger charge is 2.15. The number of carbonyl (C=O) groups is 2. The van der Waals surface area contributed by atoms with Crippen molar-refractivity contribution >= 4 is 23.4 Å². The molecule has 1 aliphatic rings. The van der Waals surface area contributed by atoms with Crippen molar-refractivity contribution in [1.82, 2.24) is 10.2 Å². The summed E-state index contributed by atoms with van der Waals surface area (Å²) in [5.74, 6) is 0.701. The molecule has 0 atom stereocenters. The van der Waals surface area contributed by atoms with Gasteiger partial charge in [0.2, 0.25) is 5.91 Å². The zero-order chi connectivity index (χ0) is 17.4. The number of amides is 2. The second-order valence-corrected chi connectivity index (χ2v) is 6.50. The van der Waals surface area contributed by atoms with Gasteiger partial charge in [-0.3, -0.25) is 9.59 Å². The van der Waals surface area contributed by atoms with Crippen LogP contribution in [-0.2, 0) is 9.59 Å². The normalized spacial score (nSPS) is 15.1. The van der Waals surface area contributed by atoms with Gasteiger partial charge in [-0.15, -0.1) is 0 Å². The van der Waals surface area contributed by atoms with Crippen molar-refractivity contribution in [3.8, 4) is 5.75 Å². The summed E-state index contributed by atoms with van der Waals surface area (Å²) in [5, 5.41) is 3.50. The number of benzene rings is 1. The standard InChI is InChI=1S/C18H25ClN2O3/c1-14-12-15(7-8-16(14)19)24-13-17(22)20-9-5-11-21-10-4-2-3-6-18(21)23/h7-8,12H,2-6,9-11,13H2,1H3,(H,20,22). The van der Waals surface area contributed by atoms with E-state index in [4.69, 9.17) is 16.3 Å². The molecule has 0 saturated carbocycles. The molecule has 0 aliphatic carbocycles. The van der Waals surface area contributed by atoms with Crippen LogP contribution >= 0.6 is 11.6 Å². The summed E-state index contributed by atoms with van der Waals surface area (Å²) >= 11 is 5.95. The highest BCUT2D eigenvalue weighted by molar-refractivity contribution is 6.31. The van der Waals surface area contributed by atoms with Gasteiger partial charge in [0.25, 0.3) is 5.91 Å². The molecule has 0 unspecified atom stereocenters. The van der Waals surface area contributed by atoms with Crippen LogP contribution in [0.5, 0.6) is 5.75 Å². The first kappa shape index (κ1) is 18.6. The van der Waals surface area contributed by atoms with Gasteiger partial charge < -0.3 is 15.0 Å². The van der Waals surface area contributed by atoms with Crippen LogP contribution in [0.4, 0.5) is 0 Å². The SMILES string of the molecule is Cc1cc(OCC(=O)NCCCN2CCCCCC2=O)ccc1Cl. The highest BCUT2D eigenvalue weighted by atomic mass is 35.5. The summed E-state index contributed by atoms with van der Waals surface area (Å²) in [6.07, 6.45) is 4.61. The Kier molecular flexibility index (Phi) is 7.37. The molecule has 0 spiro atoms. The van der Waals surface area contributed by atoms with E-state index in [0.717, 1.165) is 37.8 Å². The lowest BCUT2D eigenvalue weighted by atomic mass is 10.2. The smallest absolute Gasteiger partial charge is 0.257 e. The van der Waals surface area contributed by atoms with E-state index in [9.17, 15) is 9.59 Å². The number of hydrogen-bond acceptors (Lipinski definition) is 3. The quantitative estimate of drug-likeness (QED) is 0.767. The maximum atomic E-state index is 11.9. The number of nitrogens with zero attached hydrogens (tertiary/aromatic N) is 1. The molecule has 2 amide bonds. The molecule has 5 nitrogen and oxygen atoms in total.